The fourth-order valence-electron chi connectivity index (χ4n) is 2.35. The van der Waals surface area contributed by atoms with Crippen LogP contribution in [0.4, 0.5) is 5.69 Å². The highest BCUT2D eigenvalue weighted by molar-refractivity contribution is 6.35. The van der Waals surface area contributed by atoms with Crippen molar-refractivity contribution in [2.24, 2.45) is 0 Å². The van der Waals surface area contributed by atoms with Gasteiger partial charge in [-0.3, -0.25) is 9.59 Å². The zero-order valence-electron chi connectivity index (χ0n) is 12.7. The zero-order chi connectivity index (χ0) is 17.3. The van der Waals surface area contributed by atoms with Crippen LogP contribution in [-0.4, -0.2) is 17.9 Å². The summed E-state index contributed by atoms with van der Waals surface area (Å²) in [4.78, 5) is 23.9. The van der Waals surface area contributed by atoms with Gasteiger partial charge in [-0.1, -0.05) is 29.3 Å². The van der Waals surface area contributed by atoms with Crippen molar-refractivity contribution in [3.05, 3.63) is 57.6 Å². The molecule has 2 aromatic carbocycles. The number of anilines is 1. The second-order valence-corrected chi connectivity index (χ2v) is 6.22. The molecular weight excluding hydrogens is 351 g/mol. The lowest BCUT2D eigenvalue weighted by Gasteiger charge is -2.16. The number of nitrogens with one attached hydrogen (secondary N) is 2. The van der Waals surface area contributed by atoms with Gasteiger partial charge in [-0.2, -0.15) is 0 Å². The van der Waals surface area contributed by atoms with Crippen LogP contribution in [-0.2, 0) is 11.3 Å². The Balaban J connectivity index is 1.68. The normalized spacial score (nSPS) is 13.9. The minimum Gasteiger partial charge on any atom is -0.479 e. The molecule has 1 aliphatic rings. The number of amides is 2. The van der Waals surface area contributed by atoms with E-state index in [1.54, 1.807) is 37.3 Å². The lowest BCUT2D eigenvalue weighted by Crippen LogP contribution is -2.30. The molecule has 24 heavy (non-hydrogen) atoms. The van der Waals surface area contributed by atoms with Gasteiger partial charge in [0, 0.05) is 22.8 Å². The van der Waals surface area contributed by atoms with E-state index in [9.17, 15) is 9.59 Å². The van der Waals surface area contributed by atoms with Crippen molar-refractivity contribution < 1.29 is 14.3 Å². The summed E-state index contributed by atoms with van der Waals surface area (Å²) in [6, 6.07) is 9.99. The van der Waals surface area contributed by atoms with Gasteiger partial charge in [-0.15, -0.1) is 0 Å². The van der Waals surface area contributed by atoms with Crippen LogP contribution in [0.1, 0.15) is 22.8 Å². The maximum Gasteiger partial charge on any atom is 0.265 e. The van der Waals surface area contributed by atoms with E-state index in [1.165, 1.54) is 0 Å². The SMILES string of the molecule is CC(Oc1ccc(Cl)cc1Cl)C(=O)Nc1ccc2c(c1)C(=O)NC2. The minimum absolute atomic E-state index is 0.140. The number of hydrogen-bond donors (Lipinski definition) is 2. The summed E-state index contributed by atoms with van der Waals surface area (Å²) in [5.74, 6) is -0.116. The third-order valence-corrected chi connectivity index (χ3v) is 4.16. The predicted octanol–water partition coefficient (Wildman–Crippen LogP) is 3.64. The Bertz CT molecular complexity index is 823. The van der Waals surface area contributed by atoms with Crippen LogP contribution in [0.3, 0.4) is 0 Å². The molecule has 1 heterocycles. The van der Waals surface area contributed by atoms with Crippen LogP contribution < -0.4 is 15.4 Å². The Morgan fingerprint density at radius 2 is 2.04 bits per heavy atom. The Kier molecular flexibility index (Phi) is 4.64. The van der Waals surface area contributed by atoms with Crippen LogP contribution in [0.2, 0.25) is 10.0 Å². The molecule has 124 valence electrons. The molecule has 1 atom stereocenters. The van der Waals surface area contributed by atoms with Gasteiger partial charge in [0.2, 0.25) is 0 Å². The van der Waals surface area contributed by atoms with Crippen molar-refractivity contribution in [2.75, 3.05) is 5.32 Å². The third-order valence-electron chi connectivity index (χ3n) is 3.63. The molecule has 5 nitrogen and oxygen atoms in total. The van der Waals surface area contributed by atoms with Crippen LogP contribution >= 0.6 is 23.2 Å². The molecule has 1 aliphatic heterocycles. The average Bonchev–Trinajstić information content (AvgIpc) is 2.91. The molecule has 2 aromatic rings. The van der Waals surface area contributed by atoms with E-state index in [1.807, 2.05) is 6.07 Å². The van der Waals surface area contributed by atoms with E-state index in [0.717, 1.165) is 5.56 Å². The number of carbonyl (C=O) groups excluding carboxylic acids is 2. The molecule has 3 rings (SSSR count). The Morgan fingerprint density at radius 1 is 1.25 bits per heavy atom. The molecule has 0 saturated carbocycles. The van der Waals surface area contributed by atoms with Crippen molar-refractivity contribution in [2.45, 2.75) is 19.6 Å². The van der Waals surface area contributed by atoms with E-state index in [0.29, 0.717) is 33.6 Å². The number of fused-ring (bicyclic) bond motifs is 1. The molecule has 1 unspecified atom stereocenters. The van der Waals surface area contributed by atoms with Crippen molar-refractivity contribution in [1.82, 2.24) is 5.32 Å². The first-order valence-corrected chi connectivity index (χ1v) is 8.03. The molecule has 0 radical (unpaired) electrons. The number of benzene rings is 2. The second kappa shape index (κ2) is 6.71. The molecular formula is C17H14Cl2N2O3. The van der Waals surface area contributed by atoms with Crippen LogP contribution in [0, 0.1) is 0 Å². The van der Waals surface area contributed by atoms with E-state index >= 15 is 0 Å². The molecule has 2 amide bonds. The lowest BCUT2D eigenvalue weighted by atomic mass is 10.1. The standard InChI is InChI=1S/C17H14Cl2N2O3/c1-9(24-15-5-3-11(18)6-14(15)19)16(22)21-12-4-2-10-8-20-17(23)13(10)7-12/h2-7,9H,8H2,1H3,(H,20,23)(H,21,22). The smallest absolute Gasteiger partial charge is 0.265 e. The first kappa shape index (κ1) is 16.6. The summed E-state index contributed by atoms with van der Waals surface area (Å²) in [6.07, 6.45) is -0.772. The van der Waals surface area contributed by atoms with E-state index in [-0.39, 0.29) is 11.8 Å². The predicted molar refractivity (Wildman–Crippen MR) is 92.8 cm³/mol. The van der Waals surface area contributed by atoms with E-state index in [4.69, 9.17) is 27.9 Å². The average molecular weight is 365 g/mol. The molecule has 2 N–H and O–H groups in total. The van der Waals surface area contributed by atoms with Gasteiger partial charge in [0.1, 0.15) is 5.75 Å². The summed E-state index contributed by atoms with van der Waals surface area (Å²) in [5, 5.41) is 6.28. The highest BCUT2D eigenvalue weighted by atomic mass is 35.5. The fraction of sp³-hybridized carbons (Fsp3) is 0.176. The van der Waals surface area contributed by atoms with Gasteiger partial charge in [0.15, 0.2) is 6.10 Å². The molecule has 0 aromatic heterocycles. The molecule has 7 heteroatoms. The van der Waals surface area contributed by atoms with Crippen molar-refractivity contribution >= 4 is 40.7 Å². The minimum atomic E-state index is -0.772. The van der Waals surface area contributed by atoms with Crippen molar-refractivity contribution in [3.63, 3.8) is 0 Å². The quantitative estimate of drug-likeness (QED) is 0.869. The van der Waals surface area contributed by atoms with Gasteiger partial charge in [0.05, 0.1) is 5.02 Å². The van der Waals surface area contributed by atoms with Gasteiger partial charge < -0.3 is 15.4 Å². The zero-order valence-corrected chi connectivity index (χ0v) is 14.2. The maximum absolute atomic E-state index is 12.3. The monoisotopic (exact) mass is 364 g/mol. The van der Waals surface area contributed by atoms with E-state index < -0.39 is 6.10 Å². The molecule has 0 spiro atoms. The van der Waals surface area contributed by atoms with Crippen molar-refractivity contribution in [1.29, 1.82) is 0 Å². The summed E-state index contributed by atoms with van der Waals surface area (Å²) in [5.41, 5.74) is 2.02. The first-order chi connectivity index (χ1) is 11.4. The summed E-state index contributed by atoms with van der Waals surface area (Å²) < 4.78 is 5.57. The van der Waals surface area contributed by atoms with E-state index in [2.05, 4.69) is 10.6 Å². The largest absolute Gasteiger partial charge is 0.479 e. The number of ether oxygens (including phenoxy) is 1. The molecule has 0 aliphatic carbocycles. The molecule has 0 bridgehead atoms. The molecule has 0 fully saturated rings. The molecule has 0 saturated heterocycles. The van der Waals surface area contributed by atoms with Crippen LogP contribution in [0.25, 0.3) is 0 Å². The van der Waals surface area contributed by atoms with Gasteiger partial charge in [-0.05, 0) is 42.8 Å². The Morgan fingerprint density at radius 3 is 2.79 bits per heavy atom. The van der Waals surface area contributed by atoms with Gasteiger partial charge in [-0.25, -0.2) is 0 Å². The number of hydrogen-bond acceptors (Lipinski definition) is 3. The van der Waals surface area contributed by atoms with Crippen LogP contribution in [0.5, 0.6) is 5.75 Å². The fourth-order valence-corrected chi connectivity index (χ4v) is 2.80. The summed E-state index contributed by atoms with van der Waals surface area (Å²) in [6.45, 7) is 2.12. The van der Waals surface area contributed by atoms with Gasteiger partial charge in [0.25, 0.3) is 11.8 Å². The highest BCUT2D eigenvalue weighted by Crippen LogP contribution is 2.28. The number of carbonyl (C=O) groups is 2. The number of rotatable bonds is 4. The third kappa shape index (κ3) is 3.47. The maximum atomic E-state index is 12.3. The topological polar surface area (TPSA) is 67.4 Å². The second-order valence-electron chi connectivity index (χ2n) is 5.38. The Labute approximate surface area is 148 Å². The Hall–Kier alpha value is -2.24. The number of halogens is 2. The van der Waals surface area contributed by atoms with Crippen molar-refractivity contribution in [3.8, 4) is 5.75 Å². The highest BCUT2D eigenvalue weighted by Gasteiger charge is 2.21. The van der Waals surface area contributed by atoms with Gasteiger partial charge >= 0.3 is 0 Å². The lowest BCUT2D eigenvalue weighted by molar-refractivity contribution is -0.122. The summed E-state index contributed by atoms with van der Waals surface area (Å²) >= 11 is 11.9. The summed E-state index contributed by atoms with van der Waals surface area (Å²) in [7, 11) is 0. The first-order valence-electron chi connectivity index (χ1n) is 7.28. The van der Waals surface area contributed by atoms with Crippen LogP contribution in [0.15, 0.2) is 36.4 Å².